The summed E-state index contributed by atoms with van der Waals surface area (Å²) in [6, 6.07) is 0. The molecule has 0 unspecified atom stereocenters. The standard InChI is InChI=1S/C15H35N3/c1-15(2,3)16-11-8-7-9-13-18(6)14-10-12-17(4)5/h16H,7-14H2,1-6H3. The first-order valence-corrected chi connectivity index (χ1v) is 7.39. The van der Waals surface area contributed by atoms with Gasteiger partial charge < -0.3 is 15.1 Å². The predicted octanol–water partition coefficient (Wildman–Crippen LogP) is 2.43. The Morgan fingerprint density at radius 1 is 0.778 bits per heavy atom. The number of unbranched alkanes of at least 4 members (excludes halogenated alkanes) is 2. The summed E-state index contributed by atoms with van der Waals surface area (Å²) in [7, 11) is 6.52. The van der Waals surface area contributed by atoms with Crippen LogP contribution in [0.4, 0.5) is 0 Å². The van der Waals surface area contributed by atoms with E-state index >= 15 is 0 Å². The quantitative estimate of drug-likeness (QED) is 0.606. The molecule has 3 nitrogen and oxygen atoms in total. The van der Waals surface area contributed by atoms with Crippen LogP contribution in [-0.4, -0.2) is 62.7 Å². The lowest BCUT2D eigenvalue weighted by Crippen LogP contribution is -2.36. The molecule has 0 saturated carbocycles. The van der Waals surface area contributed by atoms with Crippen molar-refractivity contribution in [2.24, 2.45) is 0 Å². The maximum atomic E-state index is 3.54. The van der Waals surface area contributed by atoms with Gasteiger partial charge in [0.05, 0.1) is 0 Å². The monoisotopic (exact) mass is 257 g/mol. The molecule has 0 aliphatic carbocycles. The highest BCUT2D eigenvalue weighted by molar-refractivity contribution is 4.69. The summed E-state index contributed by atoms with van der Waals surface area (Å²) in [6.07, 6.45) is 5.23. The Kier molecular flexibility index (Phi) is 9.70. The molecule has 0 aliphatic rings. The summed E-state index contributed by atoms with van der Waals surface area (Å²) >= 11 is 0. The van der Waals surface area contributed by atoms with E-state index in [-0.39, 0.29) is 5.54 Å². The highest BCUT2D eigenvalue weighted by Crippen LogP contribution is 2.01. The molecule has 0 spiro atoms. The molecule has 0 aromatic heterocycles. The Balaban J connectivity index is 3.27. The fourth-order valence-corrected chi connectivity index (χ4v) is 1.92. The smallest absolute Gasteiger partial charge is 0.00965 e. The van der Waals surface area contributed by atoms with Gasteiger partial charge >= 0.3 is 0 Å². The minimum Gasteiger partial charge on any atom is -0.312 e. The molecule has 0 aliphatic heterocycles. The molecule has 3 heteroatoms. The van der Waals surface area contributed by atoms with Gasteiger partial charge in [0.2, 0.25) is 0 Å². The Morgan fingerprint density at radius 2 is 1.39 bits per heavy atom. The number of nitrogens with zero attached hydrogens (tertiary/aromatic N) is 2. The molecular weight excluding hydrogens is 222 g/mol. The van der Waals surface area contributed by atoms with Crippen LogP contribution in [0.25, 0.3) is 0 Å². The first kappa shape index (κ1) is 17.9. The fraction of sp³-hybridized carbons (Fsp3) is 1.00. The molecule has 0 aromatic rings. The lowest BCUT2D eigenvalue weighted by atomic mass is 10.1. The van der Waals surface area contributed by atoms with Gasteiger partial charge in [0.15, 0.2) is 0 Å². The summed E-state index contributed by atoms with van der Waals surface area (Å²) in [4.78, 5) is 4.71. The Morgan fingerprint density at radius 3 is 1.94 bits per heavy atom. The molecule has 0 rings (SSSR count). The van der Waals surface area contributed by atoms with Gasteiger partial charge in [0.1, 0.15) is 0 Å². The SMILES string of the molecule is CN(C)CCCN(C)CCCCCNC(C)(C)C. The van der Waals surface area contributed by atoms with Crippen LogP contribution in [0, 0.1) is 0 Å². The number of nitrogens with one attached hydrogen (secondary N) is 1. The van der Waals surface area contributed by atoms with Crippen LogP contribution in [-0.2, 0) is 0 Å². The van der Waals surface area contributed by atoms with Crippen molar-refractivity contribution < 1.29 is 0 Å². The maximum Gasteiger partial charge on any atom is 0.00965 e. The van der Waals surface area contributed by atoms with Gasteiger partial charge in [-0.25, -0.2) is 0 Å². The van der Waals surface area contributed by atoms with Crippen molar-refractivity contribution >= 4 is 0 Å². The van der Waals surface area contributed by atoms with Gasteiger partial charge in [0.25, 0.3) is 0 Å². The van der Waals surface area contributed by atoms with Gasteiger partial charge in [-0.1, -0.05) is 6.42 Å². The number of rotatable bonds is 10. The molecular formula is C15H35N3. The van der Waals surface area contributed by atoms with Gasteiger partial charge in [-0.3, -0.25) is 0 Å². The summed E-state index contributed by atoms with van der Waals surface area (Å²) in [5.74, 6) is 0. The summed E-state index contributed by atoms with van der Waals surface area (Å²) in [5, 5.41) is 3.54. The van der Waals surface area contributed by atoms with Gasteiger partial charge in [-0.05, 0) is 87.4 Å². The molecule has 0 atom stereocenters. The van der Waals surface area contributed by atoms with Crippen LogP contribution in [0.1, 0.15) is 46.5 Å². The Hall–Kier alpha value is -0.120. The molecule has 110 valence electrons. The van der Waals surface area contributed by atoms with Crippen LogP contribution < -0.4 is 5.32 Å². The van der Waals surface area contributed by atoms with Crippen molar-refractivity contribution in [2.75, 3.05) is 47.3 Å². The van der Waals surface area contributed by atoms with Crippen molar-refractivity contribution in [3.05, 3.63) is 0 Å². The minimum absolute atomic E-state index is 0.267. The van der Waals surface area contributed by atoms with Crippen molar-refractivity contribution in [2.45, 2.75) is 52.0 Å². The van der Waals surface area contributed by atoms with E-state index in [1.807, 2.05) is 0 Å². The molecule has 0 radical (unpaired) electrons. The molecule has 0 saturated heterocycles. The number of hydrogen-bond donors (Lipinski definition) is 1. The second-order valence-electron chi connectivity index (χ2n) is 6.70. The van der Waals surface area contributed by atoms with E-state index in [1.54, 1.807) is 0 Å². The van der Waals surface area contributed by atoms with E-state index in [0.717, 1.165) is 6.54 Å². The summed E-state index contributed by atoms with van der Waals surface area (Å²) < 4.78 is 0. The summed E-state index contributed by atoms with van der Waals surface area (Å²) in [5.41, 5.74) is 0.267. The van der Waals surface area contributed by atoms with Crippen molar-refractivity contribution in [1.82, 2.24) is 15.1 Å². The fourth-order valence-electron chi connectivity index (χ4n) is 1.92. The van der Waals surface area contributed by atoms with Gasteiger partial charge in [-0.15, -0.1) is 0 Å². The zero-order valence-electron chi connectivity index (χ0n) is 13.6. The van der Waals surface area contributed by atoms with Crippen LogP contribution in [0.15, 0.2) is 0 Å². The highest BCUT2D eigenvalue weighted by Gasteiger charge is 2.07. The first-order valence-electron chi connectivity index (χ1n) is 7.39. The molecule has 0 bridgehead atoms. The van der Waals surface area contributed by atoms with Crippen molar-refractivity contribution in [3.8, 4) is 0 Å². The van der Waals surface area contributed by atoms with E-state index in [2.05, 4.69) is 57.0 Å². The van der Waals surface area contributed by atoms with Crippen LogP contribution in [0.2, 0.25) is 0 Å². The van der Waals surface area contributed by atoms with E-state index in [4.69, 9.17) is 0 Å². The van der Waals surface area contributed by atoms with Crippen molar-refractivity contribution in [1.29, 1.82) is 0 Å². The average Bonchev–Trinajstić information content (AvgIpc) is 2.21. The van der Waals surface area contributed by atoms with E-state index in [0.29, 0.717) is 0 Å². The molecule has 18 heavy (non-hydrogen) atoms. The zero-order valence-corrected chi connectivity index (χ0v) is 13.6. The first-order chi connectivity index (χ1) is 8.31. The molecule has 1 N–H and O–H groups in total. The third-order valence-corrected chi connectivity index (χ3v) is 3.02. The Bertz CT molecular complexity index is 185. The van der Waals surface area contributed by atoms with E-state index < -0.39 is 0 Å². The Labute approximate surface area is 115 Å². The second kappa shape index (κ2) is 9.76. The zero-order chi connectivity index (χ0) is 14.0. The number of hydrogen-bond acceptors (Lipinski definition) is 3. The van der Waals surface area contributed by atoms with E-state index in [1.165, 1.54) is 45.3 Å². The molecule has 0 fully saturated rings. The normalized spacial score (nSPS) is 12.7. The lowest BCUT2D eigenvalue weighted by Gasteiger charge is -2.21. The topological polar surface area (TPSA) is 18.5 Å². The molecule has 0 heterocycles. The van der Waals surface area contributed by atoms with Crippen molar-refractivity contribution in [3.63, 3.8) is 0 Å². The van der Waals surface area contributed by atoms with Crippen LogP contribution >= 0.6 is 0 Å². The largest absolute Gasteiger partial charge is 0.312 e. The summed E-state index contributed by atoms with van der Waals surface area (Å²) in [6.45, 7) is 11.5. The highest BCUT2D eigenvalue weighted by atomic mass is 15.1. The van der Waals surface area contributed by atoms with E-state index in [9.17, 15) is 0 Å². The minimum atomic E-state index is 0.267. The predicted molar refractivity (Wildman–Crippen MR) is 82.3 cm³/mol. The molecule has 0 amide bonds. The molecule has 0 aromatic carbocycles. The van der Waals surface area contributed by atoms with Gasteiger partial charge in [-0.2, -0.15) is 0 Å². The third-order valence-electron chi connectivity index (χ3n) is 3.02. The van der Waals surface area contributed by atoms with Crippen LogP contribution in [0.5, 0.6) is 0 Å². The maximum absolute atomic E-state index is 3.54. The van der Waals surface area contributed by atoms with Crippen LogP contribution in [0.3, 0.4) is 0 Å². The second-order valence-corrected chi connectivity index (χ2v) is 6.70. The third kappa shape index (κ3) is 13.9. The lowest BCUT2D eigenvalue weighted by molar-refractivity contribution is 0.293. The average molecular weight is 257 g/mol. The van der Waals surface area contributed by atoms with Gasteiger partial charge in [0, 0.05) is 5.54 Å².